The molecule has 0 aliphatic carbocycles. The summed E-state index contributed by atoms with van der Waals surface area (Å²) in [4.78, 5) is 28.6. The number of amides is 2. The fraction of sp³-hybridized carbons (Fsp3) is 0.333. The lowest BCUT2D eigenvalue weighted by Crippen LogP contribution is -2.52. The zero-order chi connectivity index (χ0) is 29.3. The number of benzene rings is 3. The van der Waals surface area contributed by atoms with E-state index in [2.05, 4.69) is 5.32 Å². The largest absolute Gasteiger partial charge is 0.354 e. The Kier molecular flexibility index (Phi) is 11.1. The van der Waals surface area contributed by atoms with E-state index in [0.29, 0.717) is 13.0 Å². The van der Waals surface area contributed by atoms with E-state index in [9.17, 15) is 22.4 Å². The number of hydrogen-bond donors (Lipinski definition) is 1. The molecule has 0 aliphatic heterocycles. The average Bonchev–Trinajstić information content (AvgIpc) is 2.94. The van der Waals surface area contributed by atoms with E-state index in [1.165, 1.54) is 29.2 Å². The van der Waals surface area contributed by atoms with Gasteiger partial charge in [0.2, 0.25) is 11.8 Å². The van der Waals surface area contributed by atoms with Crippen LogP contribution in [0.2, 0.25) is 5.02 Å². The van der Waals surface area contributed by atoms with Crippen molar-refractivity contribution in [1.82, 2.24) is 10.2 Å². The predicted octanol–water partition coefficient (Wildman–Crippen LogP) is 5.71. The molecule has 0 bridgehead atoms. The van der Waals surface area contributed by atoms with Crippen LogP contribution in [0.25, 0.3) is 0 Å². The number of anilines is 1. The van der Waals surface area contributed by atoms with Crippen molar-refractivity contribution in [3.63, 3.8) is 0 Å². The van der Waals surface area contributed by atoms with Gasteiger partial charge in [-0.05, 0) is 55.7 Å². The van der Waals surface area contributed by atoms with E-state index >= 15 is 0 Å². The van der Waals surface area contributed by atoms with Gasteiger partial charge in [-0.3, -0.25) is 13.9 Å². The van der Waals surface area contributed by atoms with Crippen LogP contribution in [-0.2, 0) is 26.2 Å². The maximum Gasteiger partial charge on any atom is 0.264 e. The number of sulfonamides is 1. The zero-order valence-electron chi connectivity index (χ0n) is 22.9. The summed E-state index contributed by atoms with van der Waals surface area (Å²) in [6, 6.07) is 17.9. The quantitative estimate of drug-likeness (QED) is 0.260. The third kappa shape index (κ3) is 7.82. The fourth-order valence-corrected chi connectivity index (χ4v) is 5.81. The van der Waals surface area contributed by atoms with Crippen LogP contribution in [-0.4, -0.2) is 44.3 Å². The van der Waals surface area contributed by atoms with Gasteiger partial charge in [-0.2, -0.15) is 0 Å². The van der Waals surface area contributed by atoms with Gasteiger partial charge in [0.25, 0.3) is 10.0 Å². The summed E-state index contributed by atoms with van der Waals surface area (Å²) < 4.78 is 42.4. The van der Waals surface area contributed by atoms with Crippen molar-refractivity contribution in [1.29, 1.82) is 0 Å². The molecule has 40 heavy (non-hydrogen) atoms. The van der Waals surface area contributed by atoms with Gasteiger partial charge >= 0.3 is 0 Å². The number of carbonyl (C=O) groups is 2. The van der Waals surface area contributed by atoms with Crippen molar-refractivity contribution in [3.8, 4) is 0 Å². The molecule has 0 aliphatic rings. The first kappa shape index (κ1) is 31.1. The van der Waals surface area contributed by atoms with Gasteiger partial charge in [0.15, 0.2) is 0 Å². The van der Waals surface area contributed by atoms with Gasteiger partial charge in [-0.15, -0.1) is 0 Å². The Morgan fingerprint density at radius 3 is 2.27 bits per heavy atom. The highest BCUT2D eigenvalue weighted by atomic mass is 35.5. The lowest BCUT2D eigenvalue weighted by molar-refractivity contribution is -0.140. The Balaban J connectivity index is 2.04. The molecular weight excluding hydrogens is 553 g/mol. The van der Waals surface area contributed by atoms with E-state index in [0.717, 1.165) is 34.3 Å². The first-order valence-electron chi connectivity index (χ1n) is 13.2. The molecule has 10 heteroatoms. The first-order valence-corrected chi connectivity index (χ1v) is 15.1. The second-order valence-electron chi connectivity index (χ2n) is 9.50. The van der Waals surface area contributed by atoms with Crippen molar-refractivity contribution in [2.75, 3.05) is 17.4 Å². The Morgan fingerprint density at radius 2 is 1.68 bits per heavy atom. The van der Waals surface area contributed by atoms with Gasteiger partial charge in [0.05, 0.1) is 15.6 Å². The number of carbonyl (C=O) groups excluding carboxylic acids is 2. The topological polar surface area (TPSA) is 86.8 Å². The van der Waals surface area contributed by atoms with Crippen LogP contribution < -0.4 is 9.62 Å². The Hall–Kier alpha value is -3.43. The minimum Gasteiger partial charge on any atom is -0.354 e. The van der Waals surface area contributed by atoms with Crippen molar-refractivity contribution in [2.45, 2.75) is 57.5 Å². The molecule has 0 aromatic heterocycles. The highest BCUT2D eigenvalue weighted by Gasteiger charge is 2.33. The minimum absolute atomic E-state index is 0.0272. The van der Waals surface area contributed by atoms with Crippen LogP contribution >= 0.6 is 11.6 Å². The lowest BCUT2D eigenvalue weighted by atomic mass is 10.1. The smallest absolute Gasteiger partial charge is 0.264 e. The molecule has 1 atom stereocenters. The zero-order valence-corrected chi connectivity index (χ0v) is 24.5. The van der Waals surface area contributed by atoms with Gasteiger partial charge in [-0.1, -0.05) is 79.9 Å². The van der Waals surface area contributed by atoms with Crippen molar-refractivity contribution in [2.24, 2.45) is 0 Å². The molecule has 0 saturated carbocycles. The number of halogens is 2. The fourth-order valence-electron chi connectivity index (χ4n) is 4.20. The number of nitrogens with zero attached hydrogens (tertiary/aromatic N) is 2. The molecule has 1 N–H and O–H groups in total. The molecule has 1 unspecified atom stereocenters. The van der Waals surface area contributed by atoms with Crippen LogP contribution in [0.15, 0.2) is 77.7 Å². The van der Waals surface area contributed by atoms with Crippen molar-refractivity contribution < 1.29 is 22.4 Å². The molecule has 0 saturated heterocycles. The maximum absolute atomic E-state index is 14.0. The van der Waals surface area contributed by atoms with E-state index < -0.39 is 34.3 Å². The standard InChI is InChI=1S/C30H35ClFN3O4S/c1-4-6-18-33-30(37)28(5-2)34(20-23-14-12-22(3)13-15-23)29(36)21-35(24-16-17-27(32)26(31)19-24)40(38,39)25-10-8-7-9-11-25/h7-17,19,28H,4-6,18,20-21H2,1-3H3,(H,33,37). The van der Waals surface area contributed by atoms with E-state index in [4.69, 9.17) is 11.6 Å². The van der Waals surface area contributed by atoms with Crippen molar-refractivity contribution in [3.05, 3.63) is 94.8 Å². The molecular formula is C30H35ClFN3O4S. The number of unbranched alkanes of at least 4 members (excludes halogenated alkanes) is 1. The lowest BCUT2D eigenvalue weighted by Gasteiger charge is -2.33. The van der Waals surface area contributed by atoms with E-state index in [1.54, 1.807) is 25.1 Å². The van der Waals surface area contributed by atoms with Gasteiger partial charge in [-0.25, -0.2) is 12.8 Å². The summed E-state index contributed by atoms with van der Waals surface area (Å²) >= 11 is 6.00. The average molecular weight is 588 g/mol. The summed E-state index contributed by atoms with van der Waals surface area (Å²) in [6.07, 6.45) is 2.02. The Morgan fingerprint density at radius 1 is 1.00 bits per heavy atom. The van der Waals surface area contributed by atoms with E-state index in [1.807, 2.05) is 38.1 Å². The summed E-state index contributed by atoms with van der Waals surface area (Å²) in [5.74, 6) is -1.61. The van der Waals surface area contributed by atoms with E-state index in [-0.39, 0.29) is 28.1 Å². The molecule has 3 rings (SSSR count). The number of hydrogen-bond acceptors (Lipinski definition) is 4. The maximum atomic E-state index is 14.0. The summed E-state index contributed by atoms with van der Waals surface area (Å²) in [6.45, 7) is 5.72. The number of aryl methyl sites for hydroxylation is 1. The normalized spacial score (nSPS) is 12.0. The van der Waals surface area contributed by atoms with Crippen LogP contribution in [0.4, 0.5) is 10.1 Å². The molecule has 7 nitrogen and oxygen atoms in total. The number of rotatable bonds is 13. The van der Waals surface area contributed by atoms with Crippen LogP contribution in [0.5, 0.6) is 0 Å². The SMILES string of the molecule is CCCCNC(=O)C(CC)N(Cc1ccc(C)cc1)C(=O)CN(c1ccc(F)c(Cl)c1)S(=O)(=O)c1ccccc1. The summed E-state index contributed by atoms with van der Waals surface area (Å²) in [5.41, 5.74) is 1.86. The molecule has 2 amide bonds. The number of nitrogens with one attached hydrogen (secondary N) is 1. The summed E-state index contributed by atoms with van der Waals surface area (Å²) in [7, 11) is -4.26. The van der Waals surface area contributed by atoms with Gasteiger partial charge < -0.3 is 10.2 Å². The molecule has 0 radical (unpaired) electrons. The molecule has 3 aromatic rings. The van der Waals surface area contributed by atoms with Crippen LogP contribution in [0.3, 0.4) is 0 Å². The molecule has 3 aromatic carbocycles. The Bertz CT molecular complexity index is 1400. The first-order chi connectivity index (χ1) is 19.1. The summed E-state index contributed by atoms with van der Waals surface area (Å²) in [5, 5.41) is 2.61. The monoisotopic (exact) mass is 587 g/mol. The van der Waals surface area contributed by atoms with Crippen LogP contribution in [0.1, 0.15) is 44.2 Å². The highest BCUT2D eigenvalue weighted by Crippen LogP contribution is 2.28. The van der Waals surface area contributed by atoms with Crippen molar-refractivity contribution >= 4 is 39.1 Å². The third-order valence-corrected chi connectivity index (χ3v) is 8.57. The molecule has 0 spiro atoms. The van der Waals surface area contributed by atoms with Gasteiger partial charge in [0.1, 0.15) is 18.4 Å². The minimum atomic E-state index is -4.26. The Labute approximate surface area is 241 Å². The van der Waals surface area contributed by atoms with Crippen LogP contribution in [0, 0.1) is 12.7 Å². The molecule has 0 heterocycles. The third-order valence-electron chi connectivity index (χ3n) is 6.49. The highest BCUT2D eigenvalue weighted by molar-refractivity contribution is 7.92. The van der Waals surface area contributed by atoms with Gasteiger partial charge in [0, 0.05) is 13.1 Å². The molecule has 0 fully saturated rings. The predicted molar refractivity (Wildman–Crippen MR) is 156 cm³/mol. The second kappa shape index (κ2) is 14.3. The molecule has 214 valence electrons. The second-order valence-corrected chi connectivity index (χ2v) is 11.8.